The van der Waals surface area contributed by atoms with E-state index in [0.29, 0.717) is 0 Å². The number of allylic oxidation sites excluding steroid dienone is 3. The molecule has 0 N–H and O–H groups in total. The SMILES string of the molecule is C=CCCC=CCC(CC)CC. The van der Waals surface area contributed by atoms with Crippen molar-refractivity contribution in [3.63, 3.8) is 0 Å². The maximum absolute atomic E-state index is 3.69. The molecular formula is C12H22. The summed E-state index contributed by atoms with van der Waals surface area (Å²) >= 11 is 0. The largest absolute Gasteiger partial charge is 0.103 e. The molecule has 0 aliphatic heterocycles. The molecule has 0 heteroatoms. The summed E-state index contributed by atoms with van der Waals surface area (Å²) in [6, 6.07) is 0. The molecule has 70 valence electrons. The van der Waals surface area contributed by atoms with Crippen LogP contribution in [0.4, 0.5) is 0 Å². The summed E-state index contributed by atoms with van der Waals surface area (Å²) in [5.41, 5.74) is 0. The third-order valence-corrected chi connectivity index (χ3v) is 2.33. The zero-order valence-corrected chi connectivity index (χ0v) is 8.55. The van der Waals surface area contributed by atoms with E-state index in [2.05, 4.69) is 32.6 Å². The predicted octanol–water partition coefficient (Wildman–Crippen LogP) is 4.34. The molecule has 12 heavy (non-hydrogen) atoms. The number of rotatable bonds is 7. The molecule has 0 fully saturated rings. The van der Waals surface area contributed by atoms with Gasteiger partial charge in [-0.05, 0) is 25.2 Å². The van der Waals surface area contributed by atoms with E-state index in [1.165, 1.54) is 19.3 Å². The maximum atomic E-state index is 3.69. The molecule has 0 aliphatic rings. The van der Waals surface area contributed by atoms with Crippen molar-refractivity contribution < 1.29 is 0 Å². The first-order valence-corrected chi connectivity index (χ1v) is 5.11. The number of hydrogen-bond acceptors (Lipinski definition) is 0. The van der Waals surface area contributed by atoms with Gasteiger partial charge in [-0.2, -0.15) is 0 Å². The summed E-state index contributed by atoms with van der Waals surface area (Å²) < 4.78 is 0. The maximum Gasteiger partial charge on any atom is -0.0316 e. The van der Waals surface area contributed by atoms with Gasteiger partial charge in [-0.3, -0.25) is 0 Å². The van der Waals surface area contributed by atoms with Crippen molar-refractivity contribution in [2.75, 3.05) is 0 Å². The summed E-state index contributed by atoms with van der Waals surface area (Å²) in [5.74, 6) is 0.894. The average molecular weight is 166 g/mol. The van der Waals surface area contributed by atoms with Crippen molar-refractivity contribution in [2.45, 2.75) is 46.0 Å². The average Bonchev–Trinajstić information content (AvgIpc) is 2.11. The fraction of sp³-hybridized carbons (Fsp3) is 0.667. The van der Waals surface area contributed by atoms with Crippen LogP contribution in [0.3, 0.4) is 0 Å². The smallest absolute Gasteiger partial charge is 0.0316 e. The summed E-state index contributed by atoms with van der Waals surface area (Å²) in [4.78, 5) is 0. The van der Waals surface area contributed by atoms with Crippen LogP contribution in [0.1, 0.15) is 46.0 Å². The molecule has 0 saturated carbocycles. The van der Waals surface area contributed by atoms with Gasteiger partial charge in [0.25, 0.3) is 0 Å². The zero-order valence-electron chi connectivity index (χ0n) is 8.55. The third-order valence-electron chi connectivity index (χ3n) is 2.33. The van der Waals surface area contributed by atoms with Crippen LogP contribution in [0.2, 0.25) is 0 Å². The molecule has 0 spiro atoms. The molecule has 0 aromatic rings. The van der Waals surface area contributed by atoms with Crippen molar-refractivity contribution in [3.05, 3.63) is 24.8 Å². The minimum Gasteiger partial charge on any atom is -0.103 e. The van der Waals surface area contributed by atoms with Gasteiger partial charge in [0, 0.05) is 0 Å². The van der Waals surface area contributed by atoms with E-state index in [4.69, 9.17) is 0 Å². The van der Waals surface area contributed by atoms with Gasteiger partial charge in [-0.15, -0.1) is 6.58 Å². The standard InChI is InChI=1S/C12H22/c1-4-7-8-9-10-11-12(5-2)6-3/h4,9-10,12H,1,5-8,11H2,2-3H3. The molecule has 0 unspecified atom stereocenters. The van der Waals surface area contributed by atoms with Crippen molar-refractivity contribution >= 4 is 0 Å². The Morgan fingerprint density at radius 2 is 1.75 bits per heavy atom. The Balaban J connectivity index is 3.37. The first-order chi connectivity index (χ1) is 5.85. The molecule has 0 amide bonds. The normalized spacial score (nSPS) is 11.2. The monoisotopic (exact) mass is 166 g/mol. The molecular weight excluding hydrogens is 144 g/mol. The van der Waals surface area contributed by atoms with Gasteiger partial charge >= 0.3 is 0 Å². The van der Waals surface area contributed by atoms with Crippen LogP contribution in [-0.2, 0) is 0 Å². The van der Waals surface area contributed by atoms with Crippen LogP contribution in [0.15, 0.2) is 24.8 Å². The minimum atomic E-state index is 0.894. The van der Waals surface area contributed by atoms with Gasteiger partial charge in [0.05, 0.1) is 0 Å². The van der Waals surface area contributed by atoms with Crippen LogP contribution in [-0.4, -0.2) is 0 Å². The topological polar surface area (TPSA) is 0 Å². The Labute approximate surface area is 77.4 Å². The number of unbranched alkanes of at least 4 members (excludes halogenated alkanes) is 1. The van der Waals surface area contributed by atoms with E-state index >= 15 is 0 Å². The highest BCUT2D eigenvalue weighted by Gasteiger charge is 1.98. The molecule has 0 radical (unpaired) electrons. The summed E-state index contributed by atoms with van der Waals surface area (Å²) in [6.07, 6.45) is 12.7. The summed E-state index contributed by atoms with van der Waals surface area (Å²) in [5, 5.41) is 0. The second kappa shape index (κ2) is 8.58. The van der Waals surface area contributed by atoms with E-state index in [1.54, 1.807) is 0 Å². The van der Waals surface area contributed by atoms with Gasteiger partial charge in [0.1, 0.15) is 0 Å². The Kier molecular flexibility index (Phi) is 8.20. The van der Waals surface area contributed by atoms with E-state index in [0.717, 1.165) is 18.8 Å². The highest BCUT2D eigenvalue weighted by Crippen LogP contribution is 2.12. The van der Waals surface area contributed by atoms with E-state index < -0.39 is 0 Å². The minimum absolute atomic E-state index is 0.894. The molecule has 0 rings (SSSR count). The Bertz CT molecular complexity index is 118. The summed E-state index contributed by atoms with van der Waals surface area (Å²) in [6.45, 7) is 8.23. The van der Waals surface area contributed by atoms with Crippen molar-refractivity contribution in [3.8, 4) is 0 Å². The molecule has 0 aromatic heterocycles. The molecule has 0 bridgehead atoms. The molecule has 0 nitrogen and oxygen atoms in total. The Morgan fingerprint density at radius 1 is 1.08 bits per heavy atom. The van der Waals surface area contributed by atoms with Gasteiger partial charge in [-0.1, -0.05) is 44.9 Å². The van der Waals surface area contributed by atoms with Crippen LogP contribution >= 0.6 is 0 Å². The Hall–Kier alpha value is -0.520. The Morgan fingerprint density at radius 3 is 2.25 bits per heavy atom. The van der Waals surface area contributed by atoms with Crippen LogP contribution in [0.5, 0.6) is 0 Å². The summed E-state index contributed by atoms with van der Waals surface area (Å²) in [7, 11) is 0. The predicted molar refractivity (Wildman–Crippen MR) is 57.3 cm³/mol. The highest BCUT2D eigenvalue weighted by molar-refractivity contribution is 4.85. The van der Waals surface area contributed by atoms with Gasteiger partial charge in [0.15, 0.2) is 0 Å². The lowest BCUT2D eigenvalue weighted by Crippen LogP contribution is -1.93. The third kappa shape index (κ3) is 6.21. The lowest BCUT2D eigenvalue weighted by Gasteiger charge is -2.07. The first kappa shape index (κ1) is 11.5. The van der Waals surface area contributed by atoms with Crippen molar-refractivity contribution in [1.29, 1.82) is 0 Å². The quantitative estimate of drug-likeness (QED) is 0.390. The van der Waals surface area contributed by atoms with Gasteiger partial charge < -0.3 is 0 Å². The number of hydrogen-bond donors (Lipinski definition) is 0. The molecule has 0 heterocycles. The van der Waals surface area contributed by atoms with E-state index in [1.807, 2.05) is 6.08 Å². The van der Waals surface area contributed by atoms with Gasteiger partial charge in [-0.25, -0.2) is 0 Å². The van der Waals surface area contributed by atoms with Crippen LogP contribution in [0.25, 0.3) is 0 Å². The first-order valence-electron chi connectivity index (χ1n) is 5.11. The zero-order chi connectivity index (χ0) is 9.23. The molecule has 0 aromatic carbocycles. The van der Waals surface area contributed by atoms with Crippen LogP contribution in [0, 0.1) is 5.92 Å². The second-order valence-corrected chi connectivity index (χ2v) is 3.26. The highest BCUT2D eigenvalue weighted by atomic mass is 14.0. The fourth-order valence-electron chi connectivity index (χ4n) is 1.24. The van der Waals surface area contributed by atoms with Crippen molar-refractivity contribution in [1.82, 2.24) is 0 Å². The van der Waals surface area contributed by atoms with E-state index in [9.17, 15) is 0 Å². The fourth-order valence-corrected chi connectivity index (χ4v) is 1.24. The lowest BCUT2D eigenvalue weighted by atomic mass is 9.99. The van der Waals surface area contributed by atoms with Gasteiger partial charge in [0.2, 0.25) is 0 Å². The second-order valence-electron chi connectivity index (χ2n) is 3.26. The van der Waals surface area contributed by atoms with Crippen molar-refractivity contribution in [2.24, 2.45) is 5.92 Å². The van der Waals surface area contributed by atoms with Crippen LogP contribution < -0.4 is 0 Å². The molecule has 0 atom stereocenters. The molecule has 0 aliphatic carbocycles. The molecule has 0 saturated heterocycles. The lowest BCUT2D eigenvalue weighted by molar-refractivity contribution is 0.499. The van der Waals surface area contributed by atoms with E-state index in [-0.39, 0.29) is 0 Å².